The third kappa shape index (κ3) is 4.42. The fourth-order valence-corrected chi connectivity index (χ4v) is 2.60. The molecule has 126 valence electrons. The number of thioether (sulfide) groups is 1. The number of ether oxygens (including phenoxy) is 1. The molecule has 0 fully saturated rings. The lowest BCUT2D eigenvalue weighted by atomic mass is 10.1. The summed E-state index contributed by atoms with van der Waals surface area (Å²) in [5.74, 6) is -0.0398. The van der Waals surface area contributed by atoms with E-state index in [0.717, 1.165) is 5.69 Å². The van der Waals surface area contributed by atoms with Crippen LogP contribution in [0.2, 0.25) is 0 Å². The van der Waals surface area contributed by atoms with Crippen LogP contribution in [0.1, 0.15) is 11.3 Å². The number of hydrogen-bond acceptors (Lipinski definition) is 7. The van der Waals surface area contributed by atoms with Gasteiger partial charge in [0.2, 0.25) is 5.91 Å². The maximum Gasteiger partial charge on any atom is 0.311 e. The summed E-state index contributed by atoms with van der Waals surface area (Å²) in [6, 6.07) is 4.58. The van der Waals surface area contributed by atoms with Crippen molar-refractivity contribution in [2.24, 2.45) is 0 Å². The Balaban J connectivity index is 2.07. The molecule has 2 aromatic rings. The van der Waals surface area contributed by atoms with Gasteiger partial charge in [-0.1, -0.05) is 11.8 Å². The third-order valence-electron chi connectivity index (χ3n) is 3.10. The molecule has 24 heavy (non-hydrogen) atoms. The summed E-state index contributed by atoms with van der Waals surface area (Å²) in [5.41, 5.74) is 1.72. The predicted octanol–water partition coefficient (Wildman–Crippen LogP) is 2.74. The van der Waals surface area contributed by atoms with Crippen molar-refractivity contribution >= 4 is 29.0 Å². The van der Waals surface area contributed by atoms with Crippen LogP contribution in [0.25, 0.3) is 0 Å². The number of nitrogens with zero attached hydrogens (tertiary/aromatic N) is 3. The van der Waals surface area contributed by atoms with Crippen LogP contribution in [0.4, 0.5) is 11.4 Å². The Morgan fingerprint density at radius 3 is 2.79 bits per heavy atom. The van der Waals surface area contributed by atoms with E-state index in [-0.39, 0.29) is 23.1 Å². The zero-order valence-electron chi connectivity index (χ0n) is 13.4. The largest absolute Gasteiger partial charge is 0.490 e. The van der Waals surface area contributed by atoms with Gasteiger partial charge in [-0.05, 0) is 25.5 Å². The first-order valence-electron chi connectivity index (χ1n) is 6.96. The molecule has 0 aliphatic heterocycles. The molecule has 8 nitrogen and oxygen atoms in total. The van der Waals surface area contributed by atoms with E-state index in [0.29, 0.717) is 16.4 Å². The summed E-state index contributed by atoms with van der Waals surface area (Å²) in [4.78, 5) is 30.8. The van der Waals surface area contributed by atoms with Gasteiger partial charge in [0.15, 0.2) is 10.9 Å². The fourth-order valence-electron chi connectivity index (χ4n) is 1.93. The Bertz CT molecular complexity index is 782. The van der Waals surface area contributed by atoms with Crippen LogP contribution < -0.4 is 10.1 Å². The molecule has 1 N–H and O–H groups in total. The summed E-state index contributed by atoms with van der Waals surface area (Å²) >= 11 is 1.21. The maximum atomic E-state index is 12.1. The van der Waals surface area contributed by atoms with E-state index in [9.17, 15) is 14.9 Å². The van der Waals surface area contributed by atoms with Crippen molar-refractivity contribution in [2.45, 2.75) is 19.0 Å². The lowest BCUT2D eigenvalue weighted by Gasteiger charge is -2.10. The van der Waals surface area contributed by atoms with Gasteiger partial charge < -0.3 is 10.1 Å². The highest BCUT2D eigenvalue weighted by molar-refractivity contribution is 7.99. The molecule has 1 aromatic carbocycles. The van der Waals surface area contributed by atoms with Crippen LogP contribution in [0.3, 0.4) is 0 Å². The average molecular weight is 348 g/mol. The van der Waals surface area contributed by atoms with Crippen LogP contribution in [0.15, 0.2) is 29.6 Å². The zero-order valence-corrected chi connectivity index (χ0v) is 14.2. The van der Waals surface area contributed by atoms with E-state index in [1.54, 1.807) is 19.2 Å². The Labute approximate surface area is 142 Å². The number of nitro benzene ring substituents is 1. The number of hydrogen-bond donors (Lipinski definition) is 1. The molecule has 1 heterocycles. The van der Waals surface area contributed by atoms with E-state index in [2.05, 4.69) is 15.3 Å². The molecule has 0 saturated heterocycles. The molecule has 0 aliphatic rings. The third-order valence-corrected chi connectivity index (χ3v) is 3.96. The number of nitro groups is 1. The van der Waals surface area contributed by atoms with Gasteiger partial charge in [-0.2, -0.15) is 0 Å². The first-order chi connectivity index (χ1) is 11.4. The van der Waals surface area contributed by atoms with Crippen LogP contribution in [-0.2, 0) is 4.79 Å². The highest BCUT2D eigenvalue weighted by Crippen LogP contribution is 2.32. The van der Waals surface area contributed by atoms with Gasteiger partial charge >= 0.3 is 5.69 Å². The second-order valence-electron chi connectivity index (χ2n) is 4.91. The van der Waals surface area contributed by atoms with Crippen molar-refractivity contribution < 1.29 is 14.5 Å². The lowest BCUT2D eigenvalue weighted by Crippen LogP contribution is -2.15. The topological polar surface area (TPSA) is 107 Å². The second-order valence-corrected chi connectivity index (χ2v) is 5.86. The van der Waals surface area contributed by atoms with E-state index >= 15 is 0 Å². The number of amides is 1. The molecule has 0 spiro atoms. The summed E-state index contributed by atoms with van der Waals surface area (Å²) in [7, 11) is 1.34. The van der Waals surface area contributed by atoms with Gasteiger partial charge in [-0.25, -0.2) is 9.97 Å². The number of rotatable bonds is 6. The van der Waals surface area contributed by atoms with Crippen molar-refractivity contribution in [3.8, 4) is 5.75 Å². The normalized spacial score (nSPS) is 10.3. The first kappa shape index (κ1) is 17.7. The Morgan fingerprint density at radius 1 is 1.42 bits per heavy atom. The minimum Gasteiger partial charge on any atom is -0.490 e. The van der Waals surface area contributed by atoms with Crippen molar-refractivity contribution in [1.82, 2.24) is 9.97 Å². The van der Waals surface area contributed by atoms with Gasteiger partial charge in [-0.3, -0.25) is 14.9 Å². The smallest absolute Gasteiger partial charge is 0.311 e. The number of nitrogens with one attached hydrogen (secondary N) is 1. The SMILES string of the molecule is COc1cc(NC(=O)CSc2nccc(C)n2)c(C)cc1[N+](=O)[O-]. The molecule has 0 bridgehead atoms. The Kier molecular flexibility index (Phi) is 5.69. The molecule has 0 aliphatic carbocycles. The van der Waals surface area contributed by atoms with E-state index < -0.39 is 4.92 Å². The molecule has 9 heteroatoms. The number of methoxy groups -OCH3 is 1. The van der Waals surface area contributed by atoms with Gasteiger partial charge in [-0.15, -0.1) is 0 Å². The van der Waals surface area contributed by atoms with E-state index in [1.807, 2.05) is 6.92 Å². The van der Waals surface area contributed by atoms with Crippen LogP contribution >= 0.6 is 11.8 Å². The van der Waals surface area contributed by atoms with E-state index in [1.165, 1.54) is 31.0 Å². The molecule has 0 atom stereocenters. The van der Waals surface area contributed by atoms with Crippen LogP contribution in [0.5, 0.6) is 5.75 Å². The molecule has 2 rings (SSSR count). The fraction of sp³-hybridized carbons (Fsp3) is 0.267. The van der Waals surface area contributed by atoms with E-state index in [4.69, 9.17) is 4.74 Å². The maximum absolute atomic E-state index is 12.1. The molecule has 0 unspecified atom stereocenters. The number of benzene rings is 1. The monoisotopic (exact) mass is 348 g/mol. The van der Waals surface area contributed by atoms with Crippen molar-refractivity contribution in [2.75, 3.05) is 18.2 Å². The summed E-state index contributed by atoms with van der Waals surface area (Å²) in [5, 5.41) is 14.2. The molecule has 0 saturated carbocycles. The molecular formula is C15H16N4O4S. The average Bonchev–Trinajstić information content (AvgIpc) is 2.54. The lowest BCUT2D eigenvalue weighted by molar-refractivity contribution is -0.385. The highest BCUT2D eigenvalue weighted by atomic mass is 32.2. The number of carbonyl (C=O) groups is 1. The van der Waals surface area contributed by atoms with Gasteiger partial charge in [0.05, 0.1) is 17.8 Å². The summed E-state index contributed by atoms with van der Waals surface area (Å²) in [6.45, 7) is 3.52. The predicted molar refractivity (Wildman–Crippen MR) is 90.5 cm³/mol. The standard InChI is InChI=1S/C15H16N4O4S/c1-9-6-12(19(21)22)13(23-3)7-11(9)18-14(20)8-24-15-16-5-4-10(2)17-15/h4-7H,8H2,1-3H3,(H,18,20). The number of aryl methyl sites for hydroxylation is 2. The Morgan fingerprint density at radius 2 is 2.17 bits per heavy atom. The molecule has 1 amide bonds. The van der Waals surface area contributed by atoms with Gasteiger partial charge in [0.1, 0.15) is 0 Å². The summed E-state index contributed by atoms with van der Waals surface area (Å²) < 4.78 is 5.01. The van der Waals surface area contributed by atoms with Crippen LogP contribution in [0, 0.1) is 24.0 Å². The van der Waals surface area contributed by atoms with Gasteiger partial charge in [0.25, 0.3) is 0 Å². The molecular weight excluding hydrogens is 332 g/mol. The first-order valence-corrected chi connectivity index (χ1v) is 7.94. The Hall–Kier alpha value is -2.68. The number of aromatic nitrogens is 2. The van der Waals surface area contributed by atoms with Crippen molar-refractivity contribution in [1.29, 1.82) is 0 Å². The van der Waals surface area contributed by atoms with Crippen molar-refractivity contribution in [3.05, 3.63) is 45.8 Å². The van der Waals surface area contributed by atoms with Crippen molar-refractivity contribution in [3.63, 3.8) is 0 Å². The molecule has 1 aromatic heterocycles. The quantitative estimate of drug-likeness (QED) is 0.370. The van der Waals surface area contributed by atoms with Gasteiger partial charge in [0, 0.05) is 29.7 Å². The summed E-state index contributed by atoms with van der Waals surface area (Å²) in [6.07, 6.45) is 1.63. The van der Waals surface area contributed by atoms with Crippen LogP contribution in [-0.4, -0.2) is 33.7 Å². The minimum absolute atomic E-state index is 0.0931. The minimum atomic E-state index is -0.525. The highest BCUT2D eigenvalue weighted by Gasteiger charge is 2.18. The molecule has 0 radical (unpaired) electrons. The second kappa shape index (κ2) is 7.73. The zero-order chi connectivity index (χ0) is 17.7. The number of carbonyl (C=O) groups excluding carboxylic acids is 1. The number of anilines is 1.